The quantitative estimate of drug-likeness (QED) is 0.784. The van der Waals surface area contributed by atoms with Crippen LogP contribution in [0.2, 0.25) is 0 Å². The molecule has 0 heterocycles. The molecule has 0 saturated carbocycles. The van der Waals surface area contributed by atoms with Crippen molar-refractivity contribution in [1.29, 1.82) is 0 Å². The minimum absolute atomic E-state index is 0.204. The van der Waals surface area contributed by atoms with Gasteiger partial charge < -0.3 is 4.90 Å². The summed E-state index contributed by atoms with van der Waals surface area (Å²) < 4.78 is 0. The fourth-order valence-electron chi connectivity index (χ4n) is 2.45. The highest BCUT2D eigenvalue weighted by Crippen LogP contribution is 2.12. The van der Waals surface area contributed by atoms with E-state index in [0.29, 0.717) is 13.0 Å². The van der Waals surface area contributed by atoms with Crippen LogP contribution in [0.25, 0.3) is 0 Å². The first-order chi connectivity index (χ1) is 10.2. The Morgan fingerprint density at radius 2 is 1.67 bits per heavy atom. The Bertz CT molecular complexity index is 577. The third-order valence-corrected chi connectivity index (χ3v) is 3.67. The summed E-state index contributed by atoms with van der Waals surface area (Å²) in [6.45, 7) is 5.67. The van der Waals surface area contributed by atoms with Crippen LogP contribution in [-0.4, -0.2) is 17.4 Å². The average Bonchev–Trinajstić information content (AvgIpc) is 2.50. The van der Waals surface area contributed by atoms with E-state index in [1.54, 1.807) is 0 Å². The lowest BCUT2D eigenvalue weighted by atomic mass is 10.0. The third kappa shape index (κ3) is 4.45. The molecule has 0 N–H and O–H groups in total. The molecular formula is C19H23NO. The molecule has 0 unspecified atom stereocenters. The van der Waals surface area contributed by atoms with Crippen molar-refractivity contribution < 1.29 is 4.79 Å². The van der Waals surface area contributed by atoms with E-state index >= 15 is 0 Å². The van der Waals surface area contributed by atoms with Crippen LogP contribution in [0.3, 0.4) is 0 Å². The smallest absolute Gasteiger partial charge is 0.227 e. The maximum atomic E-state index is 12.6. The number of carbonyl (C=O) groups is 1. The second kappa shape index (κ2) is 7.63. The maximum absolute atomic E-state index is 12.6. The van der Waals surface area contributed by atoms with Gasteiger partial charge in [-0.3, -0.25) is 4.79 Å². The first-order valence-electron chi connectivity index (χ1n) is 7.57. The molecule has 0 aromatic heterocycles. The summed E-state index contributed by atoms with van der Waals surface area (Å²) >= 11 is 0. The molecule has 2 aromatic carbocycles. The number of hydrogen-bond donors (Lipinski definition) is 0. The molecular weight excluding hydrogens is 258 g/mol. The van der Waals surface area contributed by atoms with Crippen LogP contribution in [0, 0.1) is 6.92 Å². The van der Waals surface area contributed by atoms with E-state index in [9.17, 15) is 4.79 Å². The predicted molar refractivity (Wildman–Crippen MR) is 87.0 cm³/mol. The van der Waals surface area contributed by atoms with Gasteiger partial charge in [0.15, 0.2) is 0 Å². The zero-order valence-electron chi connectivity index (χ0n) is 12.9. The van der Waals surface area contributed by atoms with Crippen molar-refractivity contribution in [1.82, 2.24) is 4.90 Å². The summed E-state index contributed by atoms with van der Waals surface area (Å²) in [6.07, 6.45) is 1.46. The maximum Gasteiger partial charge on any atom is 0.227 e. The van der Waals surface area contributed by atoms with Gasteiger partial charge in [-0.2, -0.15) is 0 Å². The summed E-state index contributed by atoms with van der Waals surface area (Å²) in [5.41, 5.74) is 3.49. The van der Waals surface area contributed by atoms with E-state index in [1.807, 2.05) is 41.3 Å². The van der Waals surface area contributed by atoms with E-state index in [-0.39, 0.29) is 5.91 Å². The Balaban J connectivity index is 2.07. The molecule has 0 saturated heterocycles. The van der Waals surface area contributed by atoms with E-state index in [4.69, 9.17) is 0 Å². The largest absolute Gasteiger partial charge is 0.338 e. The monoisotopic (exact) mass is 281 g/mol. The van der Waals surface area contributed by atoms with E-state index in [1.165, 1.54) is 11.1 Å². The zero-order chi connectivity index (χ0) is 15.1. The number of rotatable bonds is 6. The van der Waals surface area contributed by atoms with Crippen molar-refractivity contribution in [3.8, 4) is 0 Å². The van der Waals surface area contributed by atoms with Gasteiger partial charge in [-0.15, -0.1) is 0 Å². The molecule has 2 heteroatoms. The van der Waals surface area contributed by atoms with Crippen LogP contribution in [0.5, 0.6) is 0 Å². The molecule has 0 radical (unpaired) electrons. The second-order valence-corrected chi connectivity index (χ2v) is 5.40. The van der Waals surface area contributed by atoms with Crippen molar-refractivity contribution in [3.05, 3.63) is 71.3 Å². The van der Waals surface area contributed by atoms with Crippen molar-refractivity contribution in [3.63, 3.8) is 0 Å². The Labute approximate surface area is 127 Å². The van der Waals surface area contributed by atoms with E-state index < -0.39 is 0 Å². The number of aryl methyl sites for hydroxylation is 1. The molecule has 2 nitrogen and oxygen atoms in total. The van der Waals surface area contributed by atoms with Gasteiger partial charge in [0, 0.05) is 13.1 Å². The summed E-state index contributed by atoms with van der Waals surface area (Å²) in [6, 6.07) is 18.3. The zero-order valence-corrected chi connectivity index (χ0v) is 12.9. The topological polar surface area (TPSA) is 20.3 Å². The van der Waals surface area contributed by atoms with Crippen LogP contribution in [0.1, 0.15) is 30.0 Å². The van der Waals surface area contributed by atoms with Gasteiger partial charge in [0.25, 0.3) is 0 Å². The van der Waals surface area contributed by atoms with Crippen LogP contribution < -0.4 is 0 Å². The summed E-state index contributed by atoms with van der Waals surface area (Å²) in [4.78, 5) is 14.5. The fraction of sp³-hybridized carbons (Fsp3) is 0.316. The highest BCUT2D eigenvalue weighted by atomic mass is 16.2. The van der Waals surface area contributed by atoms with Crippen molar-refractivity contribution in [2.45, 2.75) is 33.2 Å². The van der Waals surface area contributed by atoms with E-state index in [0.717, 1.165) is 18.5 Å². The highest BCUT2D eigenvalue weighted by molar-refractivity contribution is 5.79. The lowest BCUT2D eigenvalue weighted by Gasteiger charge is -2.23. The number of benzene rings is 2. The summed E-state index contributed by atoms with van der Waals surface area (Å²) in [5, 5.41) is 0. The number of nitrogens with zero attached hydrogens (tertiary/aromatic N) is 1. The molecule has 0 aliphatic heterocycles. The van der Waals surface area contributed by atoms with Crippen LogP contribution in [0.15, 0.2) is 54.6 Å². The Morgan fingerprint density at radius 1 is 1.00 bits per heavy atom. The summed E-state index contributed by atoms with van der Waals surface area (Å²) in [5.74, 6) is 0.204. The van der Waals surface area contributed by atoms with E-state index in [2.05, 4.69) is 32.0 Å². The Hall–Kier alpha value is -2.09. The standard InChI is InChI=1S/C19H23NO/c1-3-13-20(15-17-10-5-4-6-11-17)19(21)14-18-12-8-7-9-16(18)2/h4-12H,3,13-15H2,1-2H3. The summed E-state index contributed by atoms with van der Waals surface area (Å²) in [7, 11) is 0. The molecule has 2 aromatic rings. The molecule has 0 fully saturated rings. The Morgan fingerprint density at radius 3 is 2.33 bits per heavy atom. The molecule has 2 rings (SSSR count). The number of carbonyl (C=O) groups excluding carboxylic acids is 1. The van der Waals surface area contributed by atoms with Gasteiger partial charge in [0.2, 0.25) is 5.91 Å². The molecule has 0 spiro atoms. The molecule has 1 amide bonds. The lowest BCUT2D eigenvalue weighted by Crippen LogP contribution is -2.32. The Kier molecular flexibility index (Phi) is 5.56. The van der Waals surface area contributed by atoms with Crippen molar-refractivity contribution in [2.75, 3.05) is 6.54 Å². The van der Waals surface area contributed by atoms with Crippen LogP contribution in [0.4, 0.5) is 0 Å². The van der Waals surface area contributed by atoms with Gasteiger partial charge in [0.05, 0.1) is 6.42 Å². The highest BCUT2D eigenvalue weighted by Gasteiger charge is 2.14. The number of hydrogen-bond acceptors (Lipinski definition) is 1. The van der Waals surface area contributed by atoms with Gasteiger partial charge >= 0.3 is 0 Å². The lowest BCUT2D eigenvalue weighted by molar-refractivity contribution is -0.131. The van der Waals surface area contributed by atoms with Gasteiger partial charge in [-0.05, 0) is 30.0 Å². The SMILES string of the molecule is CCCN(Cc1ccccc1)C(=O)Cc1ccccc1C. The minimum Gasteiger partial charge on any atom is -0.338 e. The molecule has 0 aliphatic carbocycles. The van der Waals surface area contributed by atoms with Gasteiger partial charge in [0.1, 0.15) is 0 Å². The van der Waals surface area contributed by atoms with Crippen LogP contribution in [-0.2, 0) is 17.8 Å². The predicted octanol–water partition coefficient (Wildman–Crippen LogP) is 3.98. The first-order valence-corrected chi connectivity index (χ1v) is 7.57. The van der Waals surface area contributed by atoms with Crippen molar-refractivity contribution >= 4 is 5.91 Å². The van der Waals surface area contributed by atoms with Gasteiger partial charge in [-0.1, -0.05) is 61.5 Å². The number of amides is 1. The second-order valence-electron chi connectivity index (χ2n) is 5.40. The molecule has 0 atom stereocenters. The molecule has 110 valence electrons. The van der Waals surface area contributed by atoms with Crippen molar-refractivity contribution in [2.24, 2.45) is 0 Å². The average molecular weight is 281 g/mol. The van der Waals surface area contributed by atoms with Gasteiger partial charge in [-0.25, -0.2) is 0 Å². The molecule has 0 aliphatic rings. The molecule has 21 heavy (non-hydrogen) atoms. The minimum atomic E-state index is 0.204. The first kappa shape index (κ1) is 15.3. The normalized spacial score (nSPS) is 10.4. The fourth-order valence-corrected chi connectivity index (χ4v) is 2.45. The third-order valence-electron chi connectivity index (χ3n) is 3.67. The van der Waals surface area contributed by atoms with Crippen LogP contribution >= 0.6 is 0 Å². The molecule has 0 bridgehead atoms.